The second-order valence-corrected chi connectivity index (χ2v) is 5.71. The van der Waals surface area contributed by atoms with Gasteiger partial charge < -0.3 is 0 Å². The SMILES string of the molecule is CCCC(=O)N(c1c(C)cccc1C)N1CCCCC1. The molecule has 0 radical (unpaired) electrons. The fourth-order valence-electron chi connectivity index (χ4n) is 2.96. The second kappa shape index (κ2) is 6.89. The van der Waals surface area contributed by atoms with Gasteiger partial charge in [-0.3, -0.25) is 4.79 Å². The van der Waals surface area contributed by atoms with Crippen LogP contribution in [0.4, 0.5) is 5.69 Å². The zero-order valence-corrected chi connectivity index (χ0v) is 13.0. The highest BCUT2D eigenvalue weighted by Crippen LogP contribution is 2.28. The van der Waals surface area contributed by atoms with Gasteiger partial charge >= 0.3 is 0 Å². The second-order valence-electron chi connectivity index (χ2n) is 5.71. The first-order chi connectivity index (χ1) is 9.65. The van der Waals surface area contributed by atoms with Crippen molar-refractivity contribution in [2.75, 3.05) is 18.1 Å². The molecule has 1 amide bonds. The lowest BCUT2D eigenvalue weighted by Crippen LogP contribution is -2.49. The van der Waals surface area contributed by atoms with E-state index in [1.807, 2.05) is 5.01 Å². The number of hydrogen-bond donors (Lipinski definition) is 0. The van der Waals surface area contributed by atoms with Gasteiger partial charge in [0, 0.05) is 19.5 Å². The van der Waals surface area contributed by atoms with E-state index in [1.165, 1.54) is 30.4 Å². The smallest absolute Gasteiger partial charge is 0.241 e. The molecule has 1 aromatic rings. The zero-order chi connectivity index (χ0) is 14.5. The number of carbonyl (C=O) groups is 1. The lowest BCUT2D eigenvalue weighted by atomic mass is 10.1. The van der Waals surface area contributed by atoms with Crippen LogP contribution in [-0.4, -0.2) is 24.0 Å². The quantitative estimate of drug-likeness (QED) is 0.833. The summed E-state index contributed by atoms with van der Waals surface area (Å²) in [6.07, 6.45) is 5.15. The van der Waals surface area contributed by atoms with Crippen molar-refractivity contribution in [3.8, 4) is 0 Å². The molecule has 2 rings (SSSR count). The monoisotopic (exact) mass is 274 g/mol. The molecule has 1 aliphatic rings. The van der Waals surface area contributed by atoms with Crippen LogP contribution >= 0.6 is 0 Å². The van der Waals surface area contributed by atoms with Crippen LogP contribution in [0.3, 0.4) is 0 Å². The summed E-state index contributed by atoms with van der Waals surface area (Å²) in [6.45, 7) is 8.24. The van der Waals surface area contributed by atoms with Crippen LogP contribution in [0, 0.1) is 13.8 Å². The Morgan fingerprint density at radius 2 is 1.75 bits per heavy atom. The average molecular weight is 274 g/mol. The molecule has 0 unspecified atom stereocenters. The number of benzene rings is 1. The highest BCUT2D eigenvalue weighted by Gasteiger charge is 2.26. The highest BCUT2D eigenvalue weighted by molar-refractivity contribution is 5.94. The Balaban J connectivity index is 2.37. The van der Waals surface area contributed by atoms with E-state index in [-0.39, 0.29) is 5.91 Å². The number of hydrogen-bond acceptors (Lipinski definition) is 2. The van der Waals surface area contributed by atoms with Crippen LogP contribution in [0.5, 0.6) is 0 Å². The molecule has 0 N–H and O–H groups in total. The predicted molar refractivity (Wildman–Crippen MR) is 83.7 cm³/mol. The Bertz CT molecular complexity index is 444. The van der Waals surface area contributed by atoms with Crippen LogP contribution < -0.4 is 5.01 Å². The fourth-order valence-corrected chi connectivity index (χ4v) is 2.96. The molecule has 3 heteroatoms. The van der Waals surface area contributed by atoms with Crippen molar-refractivity contribution in [2.45, 2.75) is 52.9 Å². The minimum atomic E-state index is 0.229. The summed E-state index contributed by atoms with van der Waals surface area (Å²) < 4.78 is 0. The number of para-hydroxylation sites is 1. The molecular formula is C17H26N2O. The average Bonchev–Trinajstić information content (AvgIpc) is 2.44. The van der Waals surface area contributed by atoms with E-state index in [9.17, 15) is 4.79 Å². The zero-order valence-electron chi connectivity index (χ0n) is 13.0. The van der Waals surface area contributed by atoms with Crippen molar-refractivity contribution < 1.29 is 4.79 Å². The molecule has 1 heterocycles. The summed E-state index contributed by atoms with van der Waals surface area (Å²) in [7, 11) is 0. The van der Waals surface area contributed by atoms with E-state index in [0.29, 0.717) is 6.42 Å². The lowest BCUT2D eigenvalue weighted by Gasteiger charge is -2.39. The van der Waals surface area contributed by atoms with E-state index in [4.69, 9.17) is 0 Å². The molecule has 0 saturated carbocycles. The molecule has 1 aromatic carbocycles. The molecule has 0 bridgehead atoms. The van der Waals surface area contributed by atoms with Crippen LogP contribution in [-0.2, 0) is 4.79 Å². The molecule has 0 aromatic heterocycles. The van der Waals surface area contributed by atoms with E-state index < -0.39 is 0 Å². The summed E-state index contributed by atoms with van der Waals surface area (Å²) in [5, 5.41) is 4.21. The molecule has 110 valence electrons. The third-order valence-corrected chi connectivity index (χ3v) is 3.97. The molecule has 0 aliphatic carbocycles. The topological polar surface area (TPSA) is 23.6 Å². The van der Waals surface area contributed by atoms with E-state index >= 15 is 0 Å². The van der Waals surface area contributed by atoms with Crippen molar-refractivity contribution in [1.82, 2.24) is 5.01 Å². The lowest BCUT2D eigenvalue weighted by molar-refractivity contribution is -0.122. The van der Waals surface area contributed by atoms with E-state index in [0.717, 1.165) is 25.2 Å². The normalized spacial score (nSPS) is 16.1. The summed E-state index contributed by atoms with van der Waals surface area (Å²) >= 11 is 0. The van der Waals surface area contributed by atoms with Gasteiger partial charge in [-0.15, -0.1) is 0 Å². The molecule has 3 nitrogen and oxygen atoms in total. The minimum absolute atomic E-state index is 0.229. The Labute approximate surface area is 122 Å². The number of nitrogens with zero attached hydrogens (tertiary/aromatic N) is 2. The predicted octanol–water partition coefficient (Wildman–Crippen LogP) is 3.84. The van der Waals surface area contributed by atoms with Gasteiger partial charge in [0.2, 0.25) is 5.91 Å². The fraction of sp³-hybridized carbons (Fsp3) is 0.588. The van der Waals surface area contributed by atoms with Crippen molar-refractivity contribution in [3.63, 3.8) is 0 Å². The maximum Gasteiger partial charge on any atom is 0.241 e. The first-order valence-corrected chi connectivity index (χ1v) is 7.79. The molecule has 1 fully saturated rings. The van der Waals surface area contributed by atoms with Gasteiger partial charge in [-0.25, -0.2) is 10.0 Å². The number of aryl methyl sites for hydroxylation is 2. The maximum absolute atomic E-state index is 12.6. The minimum Gasteiger partial charge on any atom is -0.273 e. The number of hydrazine groups is 1. The number of carbonyl (C=O) groups excluding carboxylic acids is 1. The highest BCUT2D eigenvalue weighted by atomic mass is 16.2. The summed E-state index contributed by atoms with van der Waals surface area (Å²) in [4.78, 5) is 12.6. The van der Waals surface area contributed by atoms with Gasteiger partial charge in [0.25, 0.3) is 0 Å². The first-order valence-electron chi connectivity index (χ1n) is 7.79. The summed E-state index contributed by atoms with van der Waals surface area (Å²) in [5.41, 5.74) is 3.45. The molecular weight excluding hydrogens is 248 g/mol. The van der Waals surface area contributed by atoms with Crippen LogP contribution in [0.2, 0.25) is 0 Å². The van der Waals surface area contributed by atoms with Gasteiger partial charge in [-0.05, 0) is 44.2 Å². The van der Waals surface area contributed by atoms with Crippen molar-refractivity contribution >= 4 is 11.6 Å². The Kier molecular flexibility index (Phi) is 5.18. The number of piperidine rings is 1. The first kappa shape index (κ1) is 15.0. The van der Waals surface area contributed by atoms with Gasteiger partial charge in [-0.1, -0.05) is 31.5 Å². The summed E-state index contributed by atoms with van der Waals surface area (Å²) in [6, 6.07) is 6.25. The van der Waals surface area contributed by atoms with Crippen molar-refractivity contribution in [2.24, 2.45) is 0 Å². The third kappa shape index (κ3) is 3.21. The number of anilines is 1. The Hall–Kier alpha value is -1.35. The van der Waals surface area contributed by atoms with Gasteiger partial charge in [0.15, 0.2) is 0 Å². The Morgan fingerprint density at radius 3 is 2.30 bits per heavy atom. The van der Waals surface area contributed by atoms with Gasteiger partial charge in [0.05, 0.1) is 5.69 Å². The summed E-state index contributed by atoms with van der Waals surface area (Å²) in [5.74, 6) is 0.229. The third-order valence-electron chi connectivity index (χ3n) is 3.97. The largest absolute Gasteiger partial charge is 0.273 e. The number of rotatable bonds is 4. The van der Waals surface area contributed by atoms with Crippen LogP contribution in [0.25, 0.3) is 0 Å². The molecule has 1 saturated heterocycles. The van der Waals surface area contributed by atoms with Crippen molar-refractivity contribution in [1.29, 1.82) is 0 Å². The molecule has 1 aliphatic heterocycles. The van der Waals surface area contributed by atoms with E-state index in [1.54, 1.807) is 0 Å². The van der Waals surface area contributed by atoms with Crippen LogP contribution in [0.1, 0.15) is 50.2 Å². The molecule has 0 spiro atoms. The Morgan fingerprint density at radius 1 is 1.15 bits per heavy atom. The van der Waals surface area contributed by atoms with Crippen LogP contribution in [0.15, 0.2) is 18.2 Å². The van der Waals surface area contributed by atoms with E-state index in [2.05, 4.69) is 44.0 Å². The van der Waals surface area contributed by atoms with Gasteiger partial charge in [-0.2, -0.15) is 0 Å². The number of amides is 1. The molecule has 0 atom stereocenters. The standard InChI is InChI=1S/C17H26N2O/c1-4-9-16(20)19(18-12-6-5-7-13-18)17-14(2)10-8-11-15(17)3/h8,10-11H,4-7,9,12-13H2,1-3H3. The van der Waals surface area contributed by atoms with Crippen molar-refractivity contribution in [3.05, 3.63) is 29.3 Å². The molecule has 20 heavy (non-hydrogen) atoms. The van der Waals surface area contributed by atoms with Gasteiger partial charge in [0.1, 0.15) is 0 Å². The maximum atomic E-state index is 12.6.